The van der Waals surface area contributed by atoms with Crippen LogP contribution in [0.25, 0.3) is 0 Å². The maximum absolute atomic E-state index is 11.6. The van der Waals surface area contributed by atoms with Crippen molar-refractivity contribution in [2.45, 2.75) is 17.7 Å². The first-order valence-corrected chi connectivity index (χ1v) is 7.20. The minimum Gasteiger partial charge on any atom is -0.478 e. The molecule has 21 heavy (non-hydrogen) atoms. The Balaban J connectivity index is 1.85. The van der Waals surface area contributed by atoms with E-state index in [2.05, 4.69) is 0 Å². The van der Waals surface area contributed by atoms with E-state index in [0.717, 1.165) is 4.90 Å². The summed E-state index contributed by atoms with van der Waals surface area (Å²) in [6, 6.07) is 5.96. The van der Waals surface area contributed by atoms with Crippen LogP contribution in [0.2, 0.25) is 0 Å². The zero-order valence-electron chi connectivity index (χ0n) is 10.8. The Labute approximate surface area is 124 Å². The summed E-state index contributed by atoms with van der Waals surface area (Å²) < 4.78 is 0. The molecule has 1 fully saturated rings. The summed E-state index contributed by atoms with van der Waals surface area (Å²) in [6.45, 7) is 0. The van der Waals surface area contributed by atoms with Crippen LogP contribution in [-0.2, 0) is 9.59 Å². The lowest BCUT2D eigenvalue weighted by atomic mass is 9.72. The summed E-state index contributed by atoms with van der Waals surface area (Å²) in [6.07, 6.45) is 1.05. The summed E-state index contributed by atoms with van der Waals surface area (Å²) in [4.78, 5) is 34.5. The van der Waals surface area contributed by atoms with E-state index in [-0.39, 0.29) is 23.0 Å². The van der Waals surface area contributed by atoms with E-state index in [1.165, 1.54) is 23.9 Å². The average Bonchev–Trinajstić information content (AvgIpc) is 2.72. The van der Waals surface area contributed by atoms with Crippen LogP contribution >= 0.6 is 11.8 Å². The van der Waals surface area contributed by atoms with Gasteiger partial charge < -0.3 is 5.11 Å². The van der Waals surface area contributed by atoms with E-state index in [0.29, 0.717) is 17.7 Å². The molecule has 0 aliphatic heterocycles. The van der Waals surface area contributed by atoms with Gasteiger partial charge in [-0.1, -0.05) is 11.8 Å². The molecule has 2 aliphatic rings. The van der Waals surface area contributed by atoms with Gasteiger partial charge in [-0.2, -0.15) is 0 Å². The van der Waals surface area contributed by atoms with Crippen LogP contribution in [0.3, 0.4) is 0 Å². The Morgan fingerprint density at radius 3 is 2.48 bits per heavy atom. The summed E-state index contributed by atoms with van der Waals surface area (Å²) in [7, 11) is 0. The van der Waals surface area contributed by atoms with Gasteiger partial charge in [0.15, 0.2) is 0 Å². The van der Waals surface area contributed by atoms with Crippen LogP contribution in [0.5, 0.6) is 0 Å². The number of fused-ring (bicyclic) bond motifs is 1. The maximum atomic E-state index is 11.6. The summed E-state index contributed by atoms with van der Waals surface area (Å²) in [5.41, 5.74) is 0.202. The molecular formula is C14H11NO5S. The van der Waals surface area contributed by atoms with Crippen LogP contribution in [0, 0.1) is 22.0 Å². The number of non-ortho nitro benzene ring substituents is 1. The van der Waals surface area contributed by atoms with E-state index in [9.17, 15) is 24.8 Å². The lowest BCUT2D eigenvalue weighted by Gasteiger charge is -2.29. The molecule has 108 valence electrons. The number of benzene rings is 1. The number of nitro groups is 1. The molecule has 0 spiro atoms. The molecule has 0 amide bonds. The van der Waals surface area contributed by atoms with Gasteiger partial charge in [-0.05, 0) is 24.5 Å². The normalized spacial score (nSPS) is 23.7. The Kier molecular flexibility index (Phi) is 3.29. The van der Waals surface area contributed by atoms with Gasteiger partial charge in [0.25, 0.3) is 5.69 Å². The highest BCUT2D eigenvalue weighted by Gasteiger charge is 2.50. The van der Waals surface area contributed by atoms with Crippen LogP contribution in [-0.4, -0.2) is 21.8 Å². The van der Waals surface area contributed by atoms with Gasteiger partial charge in [0, 0.05) is 28.4 Å². The standard InChI is InChI=1S/C14H11NO5S/c16-10-5-7-6-11(13(12(7)10)14(17)18)21-9-3-1-8(2-4-9)15(19)20/h1-4,7,12H,5-6H2,(H,17,18). The monoisotopic (exact) mass is 305 g/mol. The second kappa shape index (κ2) is 5.00. The molecule has 2 unspecified atom stereocenters. The van der Waals surface area contributed by atoms with Crippen LogP contribution in [0.15, 0.2) is 39.6 Å². The number of ketones is 1. The minimum absolute atomic E-state index is 0.00306. The molecule has 3 rings (SSSR count). The molecule has 0 bridgehead atoms. The fourth-order valence-corrected chi connectivity index (χ4v) is 4.02. The van der Waals surface area contributed by atoms with Crippen molar-refractivity contribution in [3.8, 4) is 0 Å². The minimum atomic E-state index is -1.04. The number of rotatable bonds is 4. The van der Waals surface area contributed by atoms with Gasteiger partial charge in [-0.25, -0.2) is 4.79 Å². The first-order chi connectivity index (χ1) is 9.97. The molecule has 2 aliphatic carbocycles. The van der Waals surface area contributed by atoms with Crippen LogP contribution < -0.4 is 0 Å². The summed E-state index contributed by atoms with van der Waals surface area (Å²) in [5.74, 6) is -1.39. The zero-order chi connectivity index (χ0) is 15.1. The zero-order valence-corrected chi connectivity index (χ0v) is 11.6. The number of nitro benzene ring substituents is 1. The molecule has 0 heterocycles. The fourth-order valence-electron chi connectivity index (χ4n) is 2.84. The predicted molar refractivity (Wildman–Crippen MR) is 74.8 cm³/mol. The highest BCUT2D eigenvalue weighted by molar-refractivity contribution is 8.03. The molecule has 6 nitrogen and oxygen atoms in total. The number of hydrogen-bond donors (Lipinski definition) is 1. The smallest absolute Gasteiger partial charge is 0.333 e. The molecule has 1 aromatic rings. The van der Waals surface area contributed by atoms with Gasteiger partial charge in [0.1, 0.15) is 5.78 Å². The van der Waals surface area contributed by atoms with E-state index in [4.69, 9.17) is 0 Å². The molecule has 2 atom stereocenters. The number of allylic oxidation sites excluding steroid dienone is 1. The molecular weight excluding hydrogens is 294 g/mol. The topological polar surface area (TPSA) is 97.5 Å². The Morgan fingerprint density at radius 2 is 1.95 bits per heavy atom. The van der Waals surface area contributed by atoms with Gasteiger partial charge in [-0.15, -0.1) is 0 Å². The van der Waals surface area contributed by atoms with Gasteiger partial charge >= 0.3 is 5.97 Å². The molecule has 0 saturated heterocycles. The van der Waals surface area contributed by atoms with Crippen molar-refractivity contribution < 1.29 is 19.6 Å². The van der Waals surface area contributed by atoms with Gasteiger partial charge in [0.05, 0.1) is 16.4 Å². The molecule has 1 saturated carbocycles. The number of Topliss-reactive ketones (excluding diaryl/α,β-unsaturated/α-hetero) is 1. The quantitative estimate of drug-likeness (QED) is 0.678. The number of carboxylic acid groups (broad SMARTS) is 1. The van der Waals surface area contributed by atoms with Crippen molar-refractivity contribution in [2.75, 3.05) is 0 Å². The number of carbonyl (C=O) groups excluding carboxylic acids is 1. The van der Waals surface area contributed by atoms with Gasteiger partial charge in [-0.3, -0.25) is 14.9 Å². The highest BCUT2D eigenvalue weighted by atomic mass is 32.2. The third-order valence-corrected chi connectivity index (χ3v) is 5.00. The molecule has 1 N–H and O–H groups in total. The van der Waals surface area contributed by atoms with Crippen molar-refractivity contribution in [1.29, 1.82) is 0 Å². The van der Waals surface area contributed by atoms with Crippen molar-refractivity contribution in [3.05, 3.63) is 44.9 Å². The predicted octanol–water partition coefficient (Wildman–Crippen LogP) is 2.63. The number of nitrogens with zero attached hydrogens (tertiary/aromatic N) is 1. The number of thioether (sulfide) groups is 1. The average molecular weight is 305 g/mol. The molecule has 7 heteroatoms. The third-order valence-electron chi connectivity index (χ3n) is 3.86. The van der Waals surface area contributed by atoms with E-state index in [1.54, 1.807) is 12.1 Å². The Hall–Kier alpha value is -2.15. The number of carbonyl (C=O) groups is 2. The lowest BCUT2D eigenvalue weighted by molar-refractivity contribution is -0.384. The Morgan fingerprint density at radius 1 is 1.29 bits per heavy atom. The fraction of sp³-hybridized carbons (Fsp3) is 0.286. The SMILES string of the molecule is O=C(O)C1=C(Sc2ccc([N+](=O)[O-])cc2)CC2CC(=O)C12. The van der Waals surface area contributed by atoms with Crippen molar-refractivity contribution in [1.82, 2.24) is 0 Å². The van der Waals surface area contributed by atoms with Crippen molar-refractivity contribution in [3.63, 3.8) is 0 Å². The lowest BCUT2D eigenvalue weighted by Crippen LogP contribution is -2.36. The number of hydrogen-bond acceptors (Lipinski definition) is 5. The van der Waals surface area contributed by atoms with E-state index < -0.39 is 16.8 Å². The second-order valence-corrected chi connectivity index (χ2v) is 6.28. The number of carboxylic acids is 1. The van der Waals surface area contributed by atoms with Crippen molar-refractivity contribution >= 4 is 29.2 Å². The van der Waals surface area contributed by atoms with Crippen LogP contribution in [0.1, 0.15) is 12.8 Å². The maximum Gasteiger partial charge on any atom is 0.333 e. The summed E-state index contributed by atoms with van der Waals surface area (Å²) in [5, 5.41) is 19.9. The number of aliphatic carboxylic acids is 1. The molecule has 0 aromatic heterocycles. The third kappa shape index (κ3) is 2.33. The van der Waals surface area contributed by atoms with Crippen LogP contribution in [0.4, 0.5) is 5.69 Å². The van der Waals surface area contributed by atoms with E-state index in [1.807, 2.05) is 0 Å². The van der Waals surface area contributed by atoms with Crippen molar-refractivity contribution in [2.24, 2.45) is 11.8 Å². The largest absolute Gasteiger partial charge is 0.478 e. The Bertz CT molecular complexity index is 679. The van der Waals surface area contributed by atoms with E-state index >= 15 is 0 Å². The first kappa shape index (κ1) is 13.8. The molecule has 0 radical (unpaired) electrons. The summed E-state index contributed by atoms with van der Waals surface area (Å²) >= 11 is 1.28. The second-order valence-electron chi connectivity index (χ2n) is 5.11. The molecule has 1 aromatic carbocycles. The van der Waals surface area contributed by atoms with Gasteiger partial charge in [0.2, 0.25) is 0 Å². The highest BCUT2D eigenvalue weighted by Crippen LogP contribution is 2.52. The first-order valence-electron chi connectivity index (χ1n) is 6.38.